The minimum Gasteiger partial charge on any atom is -0.482 e. The van der Waals surface area contributed by atoms with Crippen molar-refractivity contribution in [1.82, 2.24) is 0 Å². The Hall–Kier alpha value is -2.51. The molecule has 0 saturated heterocycles. The van der Waals surface area contributed by atoms with Gasteiger partial charge in [0.05, 0.1) is 12.5 Å². The molecule has 0 N–H and O–H groups in total. The maximum atomic E-state index is 11.7. The molecule has 0 radical (unpaired) electrons. The van der Waals surface area contributed by atoms with Gasteiger partial charge in [-0.15, -0.1) is 0 Å². The van der Waals surface area contributed by atoms with Crippen LogP contribution >= 0.6 is 11.6 Å². The van der Waals surface area contributed by atoms with Gasteiger partial charge >= 0.3 is 5.97 Å². The lowest BCUT2D eigenvalue weighted by Gasteiger charge is -2.09. The smallest absolute Gasteiger partial charge is 0.349 e. The van der Waals surface area contributed by atoms with E-state index in [0.717, 1.165) is 11.1 Å². The van der Waals surface area contributed by atoms with E-state index in [9.17, 15) is 4.79 Å². The first-order chi connectivity index (χ1) is 10.6. The van der Waals surface area contributed by atoms with Crippen molar-refractivity contribution >= 4 is 17.6 Å². The zero-order valence-corrected chi connectivity index (χ0v) is 12.8. The van der Waals surface area contributed by atoms with Crippen molar-refractivity contribution in [2.45, 2.75) is 13.3 Å². The van der Waals surface area contributed by atoms with Crippen molar-refractivity contribution in [3.8, 4) is 17.6 Å². The third-order valence-electron chi connectivity index (χ3n) is 2.92. The molecule has 4 nitrogen and oxygen atoms in total. The highest BCUT2D eigenvalue weighted by Crippen LogP contribution is 2.21. The molecular weight excluding hydrogens is 302 g/mol. The molecule has 112 valence electrons. The molecule has 0 amide bonds. The molecule has 0 aliphatic heterocycles. The molecule has 0 saturated carbocycles. The Labute approximate surface area is 133 Å². The summed E-state index contributed by atoms with van der Waals surface area (Å²) < 4.78 is 10.6. The number of carbonyl (C=O) groups excluding carboxylic acids is 1. The lowest BCUT2D eigenvalue weighted by atomic mass is 10.2. The van der Waals surface area contributed by atoms with Gasteiger partial charge in [-0.2, -0.15) is 5.26 Å². The van der Waals surface area contributed by atoms with Gasteiger partial charge in [-0.3, -0.25) is 0 Å². The zero-order chi connectivity index (χ0) is 15.9. The van der Waals surface area contributed by atoms with Crippen LogP contribution in [-0.2, 0) is 11.2 Å². The van der Waals surface area contributed by atoms with Crippen molar-refractivity contribution in [3.05, 3.63) is 58.6 Å². The van der Waals surface area contributed by atoms with Crippen LogP contribution in [0.2, 0.25) is 5.02 Å². The third-order valence-corrected chi connectivity index (χ3v) is 3.16. The molecule has 2 rings (SSSR count). The number of benzene rings is 2. The van der Waals surface area contributed by atoms with Gasteiger partial charge in [-0.1, -0.05) is 23.7 Å². The molecule has 0 heterocycles. The Kier molecular flexibility index (Phi) is 5.40. The maximum Gasteiger partial charge on any atom is 0.349 e. The fourth-order valence-corrected chi connectivity index (χ4v) is 2.07. The van der Waals surface area contributed by atoms with Crippen molar-refractivity contribution in [3.63, 3.8) is 0 Å². The number of halogens is 1. The van der Waals surface area contributed by atoms with Crippen molar-refractivity contribution in [2.75, 3.05) is 6.61 Å². The largest absolute Gasteiger partial charge is 0.482 e. The van der Waals surface area contributed by atoms with E-state index in [1.54, 1.807) is 42.5 Å². The Morgan fingerprint density at radius 3 is 2.59 bits per heavy atom. The lowest BCUT2D eigenvalue weighted by molar-refractivity contribution is -0.136. The van der Waals surface area contributed by atoms with Crippen LogP contribution in [0.5, 0.6) is 11.5 Å². The molecule has 2 aromatic carbocycles. The number of hydrogen-bond donors (Lipinski definition) is 0. The molecule has 0 aliphatic carbocycles. The van der Waals surface area contributed by atoms with Crippen LogP contribution in [0.4, 0.5) is 0 Å². The van der Waals surface area contributed by atoms with E-state index in [4.69, 9.17) is 26.3 Å². The summed E-state index contributed by atoms with van der Waals surface area (Å²) in [7, 11) is 0. The summed E-state index contributed by atoms with van der Waals surface area (Å²) in [6, 6.07) is 14.0. The van der Waals surface area contributed by atoms with Gasteiger partial charge in [0.1, 0.15) is 11.5 Å². The highest BCUT2D eigenvalue weighted by atomic mass is 35.5. The molecule has 22 heavy (non-hydrogen) atoms. The summed E-state index contributed by atoms with van der Waals surface area (Å²) in [5.74, 6) is 0.510. The lowest BCUT2D eigenvalue weighted by Crippen LogP contribution is -2.18. The van der Waals surface area contributed by atoms with Crippen LogP contribution < -0.4 is 9.47 Å². The molecule has 0 atom stereocenters. The number of hydrogen-bond acceptors (Lipinski definition) is 4. The van der Waals surface area contributed by atoms with Crippen LogP contribution in [0.1, 0.15) is 11.1 Å². The third kappa shape index (κ3) is 4.51. The van der Waals surface area contributed by atoms with E-state index >= 15 is 0 Å². The molecule has 0 unspecified atom stereocenters. The van der Waals surface area contributed by atoms with Gasteiger partial charge in [-0.25, -0.2) is 4.79 Å². The second-order valence-electron chi connectivity index (χ2n) is 4.65. The maximum absolute atomic E-state index is 11.7. The Balaban J connectivity index is 1.89. The van der Waals surface area contributed by atoms with Gasteiger partial charge in [0, 0.05) is 5.02 Å². The van der Waals surface area contributed by atoms with Crippen molar-refractivity contribution < 1.29 is 14.3 Å². The Bertz CT molecular complexity index is 705. The highest BCUT2D eigenvalue weighted by molar-refractivity contribution is 6.30. The Morgan fingerprint density at radius 1 is 1.23 bits per heavy atom. The molecule has 0 spiro atoms. The summed E-state index contributed by atoms with van der Waals surface area (Å²) >= 11 is 5.85. The van der Waals surface area contributed by atoms with Crippen LogP contribution in [0.25, 0.3) is 0 Å². The van der Waals surface area contributed by atoms with Gasteiger partial charge < -0.3 is 9.47 Å². The number of carbonyl (C=O) groups is 1. The molecule has 0 fully saturated rings. The first-order valence-electron chi connectivity index (χ1n) is 6.64. The molecular formula is C17H14ClNO3. The molecule has 5 heteroatoms. The predicted octanol–water partition coefficient (Wildman–Crippen LogP) is 3.70. The first kappa shape index (κ1) is 15.9. The quantitative estimate of drug-likeness (QED) is 0.623. The van der Waals surface area contributed by atoms with Crippen molar-refractivity contribution in [2.24, 2.45) is 0 Å². The predicted molar refractivity (Wildman–Crippen MR) is 83.1 cm³/mol. The summed E-state index contributed by atoms with van der Waals surface area (Å²) in [6.45, 7) is 1.66. The number of ether oxygens (including phenoxy) is 2. The Morgan fingerprint density at radius 2 is 1.95 bits per heavy atom. The minimum absolute atomic E-state index is 0.192. The SMILES string of the molecule is Cc1cc(Cl)ccc1OCC(=O)Oc1ccc(CC#N)cc1. The van der Waals surface area contributed by atoms with Crippen LogP contribution in [0.3, 0.4) is 0 Å². The van der Waals surface area contributed by atoms with E-state index in [2.05, 4.69) is 6.07 Å². The minimum atomic E-state index is -0.498. The summed E-state index contributed by atoms with van der Waals surface area (Å²) in [4.78, 5) is 11.7. The zero-order valence-electron chi connectivity index (χ0n) is 12.0. The normalized spacial score (nSPS) is 9.86. The summed E-state index contributed by atoms with van der Waals surface area (Å²) in [5, 5.41) is 9.21. The van der Waals surface area contributed by atoms with Gasteiger partial charge in [0.2, 0.25) is 0 Å². The first-order valence-corrected chi connectivity index (χ1v) is 7.02. The second kappa shape index (κ2) is 7.48. The van der Waals surface area contributed by atoms with Crippen LogP contribution in [0, 0.1) is 18.3 Å². The fraction of sp³-hybridized carbons (Fsp3) is 0.176. The topological polar surface area (TPSA) is 59.3 Å². The van der Waals surface area contributed by atoms with Gasteiger partial charge in [-0.05, 0) is 48.4 Å². The van der Waals surface area contributed by atoms with Gasteiger partial charge in [0.25, 0.3) is 0 Å². The average Bonchev–Trinajstić information content (AvgIpc) is 2.49. The van der Waals surface area contributed by atoms with Crippen molar-refractivity contribution in [1.29, 1.82) is 5.26 Å². The molecule has 0 aliphatic rings. The second-order valence-corrected chi connectivity index (χ2v) is 5.09. The molecule has 2 aromatic rings. The molecule has 0 aromatic heterocycles. The number of rotatable bonds is 5. The van der Waals surface area contributed by atoms with E-state index in [1.807, 2.05) is 6.92 Å². The average molecular weight is 316 g/mol. The fourth-order valence-electron chi connectivity index (χ4n) is 1.84. The number of aryl methyl sites for hydroxylation is 1. The standard InChI is InChI=1S/C17H14ClNO3/c1-12-10-14(18)4-7-16(12)21-11-17(20)22-15-5-2-13(3-6-15)8-9-19/h2-7,10H,8,11H2,1H3. The number of nitriles is 1. The van der Waals surface area contributed by atoms with E-state index in [-0.39, 0.29) is 6.61 Å². The van der Waals surface area contributed by atoms with E-state index < -0.39 is 5.97 Å². The molecule has 0 bridgehead atoms. The van der Waals surface area contributed by atoms with Crippen LogP contribution in [0.15, 0.2) is 42.5 Å². The van der Waals surface area contributed by atoms with E-state index in [1.165, 1.54) is 0 Å². The number of esters is 1. The highest BCUT2D eigenvalue weighted by Gasteiger charge is 2.08. The van der Waals surface area contributed by atoms with Crippen LogP contribution in [-0.4, -0.2) is 12.6 Å². The summed E-state index contributed by atoms with van der Waals surface area (Å²) in [6.07, 6.45) is 0.327. The van der Waals surface area contributed by atoms with Gasteiger partial charge in [0.15, 0.2) is 6.61 Å². The monoisotopic (exact) mass is 315 g/mol. The summed E-state index contributed by atoms with van der Waals surface area (Å²) in [5.41, 5.74) is 1.72. The number of nitrogens with zero attached hydrogens (tertiary/aromatic N) is 1. The van der Waals surface area contributed by atoms with E-state index in [0.29, 0.717) is 22.9 Å².